The zero-order chi connectivity index (χ0) is 9.97. The van der Waals surface area contributed by atoms with E-state index in [0.29, 0.717) is 5.75 Å². The monoisotopic (exact) mass is 207 g/mol. The Balaban J connectivity index is 2.23. The minimum Gasteiger partial charge on any atom is -0.326 e. The van der Waals surface area contributed by atoms with E-state index in [4.69, 9.17) is 0 Å². The second kappa shape index (κ2) is 4.05. The van der Waals surface area contributed by atoms with Gasteiger partial charge in [0.1, 0.15) is 5.37 Å². The van der Waals surface area contributed by atoms with Crippen LogP contribution in [0.5, 0.6) is 0 Å². The molecule has 74 valence electrons. The number of amides is 1. The molecule has 0 aromatic heterocycles. The van der Waals surface area contributed by atoms with Crippen molar-refractivity contribution in [3.05, 3.63) is 35.9 Å². The molecule has 1 aromatic carbocycles. The van der Waals surface area contributed by atoms with Gasteiger partial charge in [-0.15, -0.1) is 11.8 Å². The topological polar surface area (TPSA) is 20.3 Å². The molecular formula is C11H13NOS. The third kappa shape index (κ3) is 1.64. The molecule has 3 heteroatoms. The van der Waals surface area contributed by atoms with Gasteiger partial charge in [0.15, 0.2) is 0 Å². The van der Waals surface area contributed by atoms with Crippen LogP contribution in [0.4, 0.5) is 0 Å². The number of hydrogen-bond acceptors (Lipinski definition) is 2. The molecule has 1 aliphatic rings. The van der Waals surface area contributed by atoms with Crippen molar-refractivity contribution in [2.75, 3.05) is 12.3 Å². The molecule has 1 saturated heterocycles. The quantitative estimate of drug-likeness (QED) is 0.741. The molecule has 0 radical (unpaired) electrons. The predicted molar refractivity (Wildman–Crippen MR) is 59.0 cm³/mol. The van der Waals surface area contributed by atoms with Crippen LogP contribution in [0, 0.1) is 0 Å². The normalized spacial score (nSPS) is 21.6. The Hall–Kier alpha value is -0.960. The van der Waals surface area contributed by atoms with Gasteiger partial charge in [-0.3, -0.25) is 4.79 Å². The molecule has 0 N–H and O–H groups in total. The average Bonchev–Trinajstić information content (AvgIpc) is 2.61. The van der Waals surface area contributed by atoms with Gasteiger partial charge in [-0.2, -0.15) is 0 Å². The SMILES string of the molecule is CCN1C(=O)CS[C@@H]1c1ccccc1. The van der Waals surface area contributed by atoms with Crippen LogP contribution in [0.25, 0.3) is 0 Å². The molecule has 0 unspecified atom stereocenters. The zero-order valence-corrected chi connectivity index (χ0v) is 8.96. The summed E-state index contributed by atoms with van der Waals surface area (Å²) < 4.78 is 0. The van der Waals surface area contributed by atoms with E-state index in [2.05, 4.69) is 12.1 Å². The number of rotatable bonds is 2. The fourth-order valence-corrected chi connectivity index (χ4v) is 2.95. The van der Waals surface area contributed by atoms with Gasteiger partial charge in [0.25, 0.3) is 0 Å². The Bertz CT molecular complexity index is 325. The molecule has 2 rings (SSSR count). The maximum Gasteiger partial charge on any atom is 0.233 e. The molecule has 1 fully saturated rings. The number of benzene rings is 1. The average molecular weight is 207 g/mol. The first-order chi connectivity index (χ1) is 6.83. The van der Waals surface area contributed by atoms with Crippen molar-refractivity contribution in [1.29, 1.82) is 0 Å². The summed E-state index contributed by atoms with van der Waals surface area (Å²) in [4.78, 5) is 13.4. The fraction of sp³-hybridized carbons (Fsp3) is 0.364. The molecule has 1 amide bonds. The van der Waals surface area contributed by atoms with E-state index in [1.807, 2.05) is 30.0 Å². The highest BCUT2D eigenvalue weighted by Gasteiger charge is 2.30. The Morgan fingerprint density at radius 3 is 2.79 bits per heavy atom. The van der Waals surface area contributed by atoms with E-state index < -0.39 is 0 Å². The lowest BCUT2D eigenvalue weighted by atomic mass is 10.2. The van der Waals surface area contributed by atoms with E-state index in [1.165, 1.54) is 5.56 Å². The lowest BCUT2D eigenvalue weighted by molar-refractivity contribution is -0.127. The summed E-state index contributed by atoms with van der Waals surface area (Å²) in [7, 11) is 0. The van der Waals surface area contributed by atoms with Crippen LogP contribution < -0.4 is 0 Å². The molecule has 0 saturated carbocycles. The minimum absolute atomic E-state index is 0.230. The molecule has 1 heterocycles. The highest BCUT2D eigenvalue weighted by Crippen LogP contribution is 2.37. The second-order valence-electron chi connectivity index (χ2n) is 3.25. The molecule has 2 nitrogen and oxygen atoms in total. The van der Waals surface area contributed by atoms with Crippen LogP contribution >= 0.6 is 11.8 Å². The van der Waals surface area contributed by atoms with Gasteiger partial charge in [0.2, 0.25) is 5.91 Å². The highest BCUT2D eigenvalue weighted by molar-refractivity contribution is 8.00. The minimum atomic E-state index is 0.230. The van der Waals surface area contributed by atoms with Crippen LogP contribution in [0.3, 0.4) is 0 Å². The van der Waals surface area contributed by atoms with Gasteiger partial charge < -0.3 is 4.90 Å². The van der Waals surface area contributed by atoms with Gasteiger partial charge in [0.05, 0.1) is 5.75 Å². The molecule has 1 aromatic rings. The van der Waals surface area contributed by atoms with Crippen molar-refractivity contribution in [2.45, 2.75) is 12.3 Å². The molecule has 1 aliphatic heterocycles. The first-order valence-corrected chi connectivity index (χ1v) is 5.84. The largest absolute Gasteiger partial charge is 0.326 e. The third-order valence-corrected chi connectivity index (χ3v) is 3.65. The van der Waals surface area contributed by atoms with Gasteiger partial charge in [-0.05, 0) is 12.5 Å². The smallest absolute Gasteiger partial charge is 0.233 e. The molecular weight excluding hydrogens is 194 g/mol. The maximum absolute atomic E-state index is 11.5. The fourth-order valence-electron chi connectivity index (χ4n) is 1.69. The zero-order valence-electron chi connectivity index (χ0n) is 8.14. The van der Waals surface area contributed by atoms with E-state index >= 15 is 0 Å². The van der Waals surface area contributed by atoms with Crippen molar-refractivity contribution in [3.63, 3.8) is 0 Å². The Kier molecular flexibility index (Phi) is 2.77. The summed E-state index contributed by atoms with van der Waals surface area (Å²) >= 11 is 1.71. The number of nitrogens with zero attached hydrogens (tertiary/aromatic N) is 1. The Morgan fingerprint density at radius 2 is 2.14 bits per heavy atom. The summed E-state index contributed by atoms with van der Waals surface area (Å²) in [5.41, 5.74) is 1.23. The number of carbonyl (C=O) groups excluding carboxylic acids is 1. The van der Waals surface area contributed by atoms with E-state index in [-0.39, 0.29) is 11.3 Å². The van der Waals surface area contributed by atoms with Gasteiger partial charge in [0, 0.05) is 6.54 Å². The standard InChI is InChI=1S/C11H13NOS/c1-2-12-10(13)8-14-11(12)9-6-4-3-5-7-9/h3-7,11H,2,8H2,1H3/t11-/m1/s1. The summed E-state index contributed by atoms with van der Waals surface area (Å²) in [5.74, 6) is 0.874. The van der Waals surface area contributed by atoms with Crippen molar-refractivity contribution in [3.8, 4) is 0 Å². The van der Waals surface area contributed by atoms with Crippen molar-refractivity contribution < 1.29 is 4.79 Å². The first kappa shape index (κ1) is 9.59. The number of hydrogen-bond donors (Lipinski definition) is 0. The van der Waals surface area contributed by atoms with Gasteiger partial charge in [-0.25, -0.2) is 0 Å². The lowest BCUT2D eigenvalue weighted by Gasteiger charge is -2.22. The molecule has 14 heavy (non-hydrogen) atoms. The Morgan fingerprint density at radius 1 is 1.43 bits per heavy atom. The summed E-state index contributed by atoms with van der Waals surface area (Å²) in [6.45, 7) is 2.82. The van der Waals surface area contributed by atoms with E-state index in [9.17, 15) is 4.79 Å². The van der Waals surface area contributed by atoms with Crippen molar-refractivity contribution in [1.82, 2.24) is 4.90 Å². The van der Waals surface area contributed by atoms with Crippen LogP contribution in [0.1, 0.15) is 17.9 Å². The van der Waals surface area contributed by atoms with Crippen LogP contribution in [-0.4, -0.2) is 23.1 Å². The lowest BCUT2D eigenvalue weighted by Crippen LogP contribution is -2.27. The molecule has 1 atom stereocenters. The molecule has 0 aliphatic carbocycles. The van der Waals surface area contributed by atoms with Crippen LogP contribution in [0.15, 0.2) is 30.3 Å². The highest BCUT2D eigenvalue weighted by atomic mass is 32.2. The second-order valence-corrected chi connectivity index (χ2v) is 4.32. The van der Waals surface area contributed by atoms with E-state index in [0.717, 1.165) is 6.54 Å². The van der Waals surface area contributed by atoms with Crippen LogP contribution in [-0.2, 0) is 4.79 Å². The van der Waals surface area contributed by atoms with Gasteiger partial charge >= 0.3 is 0 Å². The summed E-state index contributed by atoms with van der Waals surface area (Å²) in [5, 5.41) is 0.230. The number of carbonyl (C=O) groups is 1. The van der Waals surface area contributed by atoms with Crippen molar-refractivity contribution >= 4 is 17.7 Å². The first-order valence-electron chi connectivity index (χ1n) is 4.79. The van der Waals surface area contributed by atoms with Crippen molar-refractivity contribution in [2.24, 2.45) is 0 Å². The Labute approximate surface area is 88.3 Å². The summed E-state index contributed by atoms with van der Waals surface area (Å²) in [6.07, 6.45) is 0. The predicted octanol–water partition coefficient (Wildman–Crippen LogP) is 2.28. The van der Waals surface area contributed by atoms with Gasteiger partial charge in [-0.1, -0.05) is 30.3 Å². The maximum atomic E-state index is 11.5. The number of thioether (sulfide) groups is 1. The summed E-state index contributed by atoms with van der Waals surface area (Å²) in [6, 6.07) is 10.2. The van der Waals surface area contributed by atoms with E-state index in [1.54, 1.807) is 11.8 Å². The van der Waals surface area contributed by atoms with Crippen LogP contribution in [0.2, 0.25) is 0 Å². The third-order valence-electron chi connectivity index (χ3n) is 2.39. The molecule has 0 spiro atoms. The molecule has 0 bridgehead atoms.